The molecule has 0 saturated carbocycles. The molecule has 0 unspecified atom stereocenters. The van der Waals surface area contributed by atoms with Crippen LogP contribution in [-0.2, 0) is 10.0 Å². The van der Waals surface area contributed by atoms with Gasteiger partial charge in [0.25, 0.3) is 6.43 Å². The number of nitrogens with zero attached hydrogens (tertiary/aromatic N) is 1. The van der Waals surface area contributed by atoms with Crippen LogP contribution in [0.1, 0.15) is 24.3 Å². The summed E-state index contributed by atoms with van der Waals surface area (Å²) in [6.07, 6.45) is -1.18. The Hall–Kier alpha value is -1.74. The molecule has 1 aromatic carbocycles. The average Bonchev–Trinajstić information content (AvgIpc) is 2.52. The third-order valence-electron chi connectivity index (χ3n) is 3.87. The zero-order valence-electron chi connectivity index (χ0n) is 12.4. The van der Waals surface area contributed by atoms with E-state index in [0.717, 1.165) is 5.56 Å². The maximum absolute atomic E-state index is 12.1. The monoisotopic (exact) mass is 347 g/mol. The van der Waals surface area contributed by atoms with Gasteiger partial charge >= 0.3 is 6.03 Å². The number of nitrogens with one attached hydrogen (secondary N) is 1. The lowest BCUT2D eigenvalue weighted by molar-refractivity contribution is 0.136. The van der Waals surface area contributed by atoms with Gasteiger partial charge in [-0.15, -0.1) is 0 Å². The number of sulfonamides is 1. The van der Waals surface area contributed by atoms with Crippen molar-refractivity contribution in [2.45, 2.75) is 30.1 Å². The van der Waals surface area contributed by atoms with Gasteiger partial charge in [-0.3, -0.25) is 0 Å². The van der Waals surface area contributed by atoms with Crippen molar-refractivity contribution in [3.05, 3.63) is 29.8 Å². The predicted octanol–water partition coefficient (Wildman–Crippen LogP) is 1.49. The first-order valence-electron chi connectivity index (χ1n) is 7.21. The van der Waals surface area contributed by atoms with Crippen molar-refractivity contribution in [2.75, 3.05) is 19.6 Å². The molecule has 1 heterocycles. The fourth-order valence-electron chi connectivity index (χ4n) is 2.62. The Labute approximate surface area is 133 Å². The van der Waals surface area contributed by atoms with Crippen LogP contribution in [-0.4, -0.2) is 45.4 Å². The molecule has 0 spiro atoms. The lowest BCUT2D eigenvalue weighted by atomic mass is 9.89. The first kappa shape index (κ1) is 17.6. The van der Waals surface area contributed by atoms with Crippen LogP contribution in [0, 0.1) is 0 Å². The summed E-state index contributed by atoms with van der Waals surface area (Å²) in [6.45, 7) is 0.293. The molecule has 0 atom stereocenters. The Morgan fingerprint density at radius 1 is 1.26 bits per heavy atom. The second-order valence-electron chi connectivity index (χ2n) is 5.45. The van der Waals surface area contributed by atoms with Gasteiger partial charge in [0.15, 0.2) is 0 Å². The number of piperidine rings is 1. The molecule has 1 saturated heterocycles. The van der Waals surface area contributed by atoms with Crippen LogP contribution in [0.4, 0.5) is 13.6 Å². The number of carbonyl (C=O) groups excluding carboxylic acids is 1. The fraction of sp³-hybridized carbons (Fsp3) is 0.500. The number of urea groups is 1. The molecule has 1 fully saturated rings. The molecule has 128 valence electrons. The van der Waals surface area contributed by atoms with Crippen LogP contribution >= 0.6 is 0 Å². The van der Waals surface area contributed by atoms with Gasteiger partial charge in [-0.05, 0) is 36.5 Å². The molecular weight excluding hydrogens is 328 g/mol. The van der Waals surface area contributed by atoms with Crippen LogP contribution in [0.5, 0.6) is 0 Å². The van der Waals surface area contributed by atoms with E-state index >= 15 is 0 Å². The molecule has 0 radical (unpaired) electrons. The Balaban J connectivity index is 1.90. The highest BCUT2D eigenvalue weighted by Gasteiger charge is 2.24. The number of rotatable bonds is 4. The second-order valence-corrected chi connectivity index (χ2v) is 7.01. The number of alkyl halides is 2. The quantitative estimate of drug-likeness (QED) is 0.864. The van der Waals surface area contributed by atoms with E-state index in [1.165, 1.54) is 17.0 Å². The zero-order chi connectivity index (χ0) is 17.0. The van der Waals surface area contributed by atoms with E-state index < -0.39 is 29.0 Å². The van der Waals surface area contributed by atoms with Crippen LogP contribution in [0.15, 0.2) is 29.2 Å². The predicted molar refractivity (Wildman–Crippen MR) is 80.8 cm³/mol. The second kappa shape index (κ2) is 7.22. The number of hydrogen-bond acceptors (Lipinski definition) is 3. The van der Waals surface area contributed by atoms with E-state index in [9.17, 15) is 22.0 Å². The van der Waals surface area contributed by atoms with Crippen LogP contribution in [0.25, 0.3) is 0 Å². The van der Waals surface area contributed by atoms with Gasteiger partial charge in [-0.1, -0.05) is 12.1 Å². The van der Waals surface area contributed by atoms with E-state index in [0.29, 0.717) is 25.9 Å². The van der Waals surface area contributed by atoms with Crippen LogP contribution in [0.3, 0.4) is 0 Å². The van der Waals surface area contributed by atoms with Crippen molar-refractivity contribution in [2.24, 2.45) is 5.14 Å². The number of benzene rings is 1. The van der Waals surface area contributed by atoms with Crippen molar-refractivity contribution in [1.29, 1.82) is 0 Å². The Morgan fingerprint density at radius 2 is 1.83 bits per heavy atom. The fourth-order valence-corrected chi connectivity index (χ4v) is 3.14. The van der Waals surface area contributed by atoms with Gasteiger partial charge in [0.1, 0.15) is 0 Å². The van der Waals surface area contributed by atoms with Crippen molar-refractivity contribution >= 4 is 16.1 Å². The number of hydrogen-bond donors (Lipinski definition) is 2. The third kappa shape index (κ3) is 4.87. The summed E-state index contributed by atoms with van der Waals surface area (Å²) < 4.78 is 46.6. The number of likely N-dealkylation sites (tertiary alicyclic amines) is 1. The number of primary sulfonamides is 1. The molecule has 0 aliphatic carbocycles. The Kier molecular flexibility index (Phi) is 5.53. The normalized spacial score (nSPS) is 16.6. The molecule has 2 rings (SSSR count). The highest BCUT2D eigenvalue weighted by atomic mass is 32.2. The molecule has 0 aromatic heterocycles. The Bertz CT molecular complexity index is 642. The van der Waals surface area contributed by atoms with E-state index in [1.54, 1.807) is 12.1 Å². The van der Waals surface area contributed by atoms with Gasteiger partial charge in [0.05, 0.1) is 11.4 Å². The maximum Gasteiger partial charge on any atom is 0.317 e. The van der Waals surface area contributed by atoms with Crippen molar-refractivity contribution < 1.29 is 22.0 Å². The van der Waals surface area contributed by atoms with Crippen molar-refractivity contribution in [3.8, 4) is 0 Å². The van der Waals surface area contributed by atoms with Crippen LogP contribution < -0.4 is 10.5 Å². The molecule has 0 bridgehead atoms. The van der Waals surface area contributed by atoms with E-state index in [-0.39, 0.29) is 10.8 Å². The van der Waals surface area contributed by atoms with E-state index in [2.05, 4.69) is 5.32 Å². The van der Waals surface area contributed by atoms with E-state index in [1.807, 2.05) is 0 Å². The molecule has 2 amide bonds. The average molecular weight is 347 g/mol. The first-order valence-corrected chi connectivity index (χ1v) is 8.75. The molecule has 6 nitrogen and oxygen atoms in total. The number of halogens is 2. The summed E-state index contributed by atoms with van der Waals surface area (Å²) in [7, 11) is -3.71. The number of carbonyl (C=O) groups is 1. The minimum atomic E-state index is -3.71. The number of amides is 2. The van der Waals surface area contributed by atoms with Gasteiger partial charge < -0.3 is 10.2 Å². The highest BCUT2D eigenvalue weighted by molar-refractivity contribution is 7.89. The lowest BCUT2D eigenvalue weighted by Gasteiger charge is -2.32. The summed E-state index contributed by atoms with van der Waals surface area (Å²) in [5.41, 5.74) is 0.977. The minimum absolute atomic E-state index is 0.0602. The lowest BCUT2D eigenvalue weighted by Crippen LogP contribution is -2.45. The molecule has 23 heavy (non-hydrogen) atoms. The Morgan fingerprint density at radius 3 is 2.30 bits per heavy atom. The summed E-state index contributed by atoms with van der Waals surface area (Å²) in [5.74, 6) is 0.198. The van der Waals surface area contributed by atoms with E-state index in [4.69, 9.17) is 5.14 Å². The van der Waals surface area contributed by atoms with Gasteiger partial charge in [0.2, 0.25) is 10.0 Å². The molecule has 3 N–H and O–H groups in total. The summed E-state index contributed by atoms with van der Waals surface area (Å²) in [4.78, 5) is 13.3. The van der Waals surface area contributed by atoms with Gasteiger partial charge in [0, 0.05) is 13.1 Å². The maximum atomic E-state index is 12.1. The molecule has 1 aromatic rings. The zero-order valence-corrected chi connectivity index (χ0v) is 13.2. The molecule has 9 heteroatoms. The standard InChI is InChI=1S/C14H19F2N3O3S/c15-13(16)9-18-14(20)19-7-5-11(6-8-19)10-1-3-12(4-2-10)23(17,21)22/h1-4,11,13H,5-9H2,(H,18,20)(H2,17,21,22). The molecular formula is C14H19F2N3O3S. The van der Waals surface area contributed by atoms with Gasteiger partial charge in [-0.2, -0.15) is 0 Å². The topological polar surface area (TPSA) is 92.5 Å². The first-order chi connectivity index (χ1) is 10.8. The largest absolute Gasteiger partial charge is 0.332 e. The number of nitrogens with two attached hydrogens (primary N) is 1. The minimum Gasteiger partial charge on any atom is -0.332 e. The van der Waals surface area contributed by atoms with Crippen molar-refractivity contribution in [3.63, 3.8) is 0 Å². The highest BCUT2D eigenvalue weighted by Crippen LogP contribution is 2.28. The third-order valence-corrected chi connectivity index (χ3v) is 4.80. The SMILES string of the molecule is NS(=O)(=O)c1ccc(C2CCN(C(=O)NCC(F)F)CC2)cc1. The summed E-state index contributed by atoms with van der Waals surface area (Å²) in [5, 5.41) is 7.24. The smallest absolute Gasteiger partial charge is 0.317 e. The molecule has 1 aliphatic rings. The van der Waals surface area contributed by atoms with Crippen LogP contribution in [0.2, 0.25) is 0 Å². The van der Waals surface area contributed by atoms with Crippen molar-refractivity contribution in [1.82, 2.24) is 10.2 Å². The van der Waals surface area contributed by atoms with Gasteiger partial charge in [-0.25, -0.2) is 27.1 Å². The molecule has 1 aliphatic heterocycles. The summed E-state index contributed by atoms with van der Waals surface area (Å²) in [6, 6.07) is 5.89. The summed E-state index contributed by atoms with van der Waals surface area (Å²) >= 11 is 0.